The van der Waals surface area contributed by atoms with E-state index in [9.17, 15) is 0 Å². The molecule has 1 heterocycles. The van der Waals surface area contributed by atoms with Crippen LogP contribution in [0.1, 0.15) is 13.3 Å². The fourth-order valence-electron chi connectivity index (χ4n) is 0.967. The Bertz CT molecular complexity index is 192. The highest BCUT2D eigenvalue weighted by Crippen LogP contribution is 2.18. The van der Waals surface area contributed by atoms with E-state index in [1.807, 2.05) is 20.2 Å². The molecule has 10 heavy (non-hydrogen) atoms. The van der Waals surface area contributed by atoms with Gasteiger partial charge in [-0.3, -0.25) is 9.90 Å². The van der Waals surface area contributed by atoms with Crippen LogP contribution in [0.25, 0.3) is 0 Å². The van der Waals surface area contributed by atoms with Crippen LogP contribution in [0.5, 0.6) is 0 Å². The van der Waals surface area contributed by atoms with Crippen molar-refractivity contribution in [2.45, 2.75) is 19.4 Å². The Labute approximate surface area is 60.5 Å². The van der Waals surface area contributed by atoms with Crippen molar-refractivity contribution < 1.29 is 4.84 Å². The summed E-state index contributed by atoms with van der Waals surface area (Å²) in [5, 5.41) is 10.0. The minimum Gasteiger partial charge on any atom is -0.267 e. The van der Waals surface area contributed by atoms with E-state index in [0.29, 0.717) is 6.42 Å². The van der Waals surface area contributed by atoms with Gasteiger partial charge in [0.15, 0.2) is 0 Å². The fourth-order valence-corrected chi connectivity index (χ4v) is 0.967. The molecule has 1 unspecified atom stereocenters. The van der Waals surface area contributed by atoms with Gasteiger partial charge < -0.3 is 0 Å². The Balaban J connectivity index is 2.58. The Morgan fingerprint density at radius 1 is 1.90 bits per heavy atom. The summed E-state index contributed by atoms with van der Waals surface area (Å²) >= 11 is 0. The zero-order valence-corrected chi connectivity index (χ0v) is 6.16. The molecule has 0 bridgehead atoms. The summed E-state index contributed by atoms with van der Waals surface area (Å²) in [5.74, 6) is 0. The molecule has 3 nitrogen and oxygen atoms in total. The van der Waals surface area contributed by atoms with Crippen molar-refractivity contribution in [1.29, 1.82) is 5.26 Å². The molecule has 0 aromatic heterocycles. The number of nitrogens with zero attached hydrogens (tertiary/aromatic N) is 2. The van der Waals surface area contributed by atoms with E-state index < -0.39 is 0 Å². The van der Waals surface area contributed by atoms with Gasteiger partial charge >= 0.3 is 0 Å². The van der Waals surface area contributed by atoms with E-state index in [1.165, 1.54) is 0 Å². The maximum Gasteiger partial charge on any atom is 0.107 e. The van der Waals surface area contributed by atoms with Gasteiger partial charge in [0.05, 0.1) is 12.5 Å². The topological polar surface area (TPSA) is 36.3 Å². The molecule has 3 heteroatoms. The molecule has 0 N–H and O–H groups in total. The van der Waals surface area contributed by atoms with Gasteiger partial charge in [-0.05, 0) is 12.5 Å². The maximum absolute atomic E-state index is 8.37. The molecule has 1 rings (SSSR count). The van der Waals surface area contributed by atoms with Crippen LogP contribution >= 0.6 is 0 Å². The number of rotatable bonds is 1. The van der Waals surface area contributed by atoms with Crippen LogP contribution < -0.4 is 0 Å². The third-order valence-electron chi connectivity index (χ3n) is 1.48. The highest BCUT2D eigenvalue weighted by Gasteiger charge is 2.17. The molecule has 0 amide bonds. The zero-order chi connectivity index (χ0) is 7.56. The number of hydroxylamine groups is 2. The molecular formula is C7H10N2O. The number of nitriles is 1. The predicted molar refractivity (Wildman–Crippen MR) is 36.6 cm³/mol. The van der Waals surface area contributed by atoms with Crippen molar-refractivity contribution in [2.24, 2.45) is 0 Å². The minimum atomic E-state index is 0.0737. The van der Waals surface area contributed by atoms with Crippen LogP contribution in [0.2, 0.25) is 0 Å². The zero-order valence-electron chi connectivity index (χ0n) is 6.16. The average molecular weight is 138 g/mol. The van der Waals surface area contributed by atoms with Crippen molar-refractivity contribution in [2.75, 3.05) is 7.05 Å². The van der Waals surface area contributed by atoms with Gasteiger partial charge in [-0.25, -0.2) is 0 Å². The highest BCUT2D eigenvalue weighted by molar-refractivity contribution is 5.13. The third-order valence-corrected chi connectivity index (χ3v) is 1.48. The predicted octanol–water partition coefficient (Wildman–Crippen LogP) is 1.05. The van der Waals surface area contributed by atoms with Gasteiger partial charge in [-0.1, -0.05) is 0 Å². The summed E-state index contributed by atoms with van der Waals surface area (Å²) in [6.07, 6.45) is 2.39. The van der Waals surface area contributed by atoms with E-state index in [-0.39, 0.29) is 6.10 Å². The van der Waals surface area contributed by atoms with Crippen molar-refractivity contribution in [3.8, 4) is 6.07 Å². The highest BCUT2D eigenvalue weighted by atomic mass is 16.7. The third kappa shape index (κ3) is 1.28. The Hall–Kier alpha value is -1.01. The standard InChI is InChI=1S/C7H10N2O/c1-6-7(3-4-8)5-9(2)10-6/h5-6H,3H2,1-2H3. The second-order valence-corrected chi connectivity index (χ2v) is 2.33. The lowest BCUT2D eigenvalue weighted by Crippen LogP contribution is -2.11. The summed E-state index contributed by atoms with van der Waals surface area (Å²) in [4.78, 5) is 5.22. The molecule has 0 aliphatic carbocycles. The fraction of sp³-hybridized carbons (Fsp3) is 0.571. The molecule has 1 aliphatic heterocycles. The van der Waals surface area contributed by atoms with E-state index in [2.05, 4.69) is 6.07 Å². The summed E-state index contributed by atoms with van der Waals surface area (Å²) < 4.78 is 0. The van der Waals surface area contributed by atoms with Crippen molar-refractivity contribution in [1.82, 2.24) is 5.06 Å². The Morgan fingerprint density at radius 2 is 2.60 bits per heavy atom. The second kappa shape index (κ2) is 2.72. The van der Waals surface area contributed by atoms with E-state index >= 15 is 0 Å². The first-order chi connectivity index (χ1) is 4.74. The number of hydrogen-bond acceptors (Lipinski definition) is 3. The largest absolute Gasteiger partial charge is 0.267 e. The maximum atomic E-state index is 8.37. The van der Waals surface area contributed by atoms with Crippen molar-refractivity contribution >= 4 is 0 Å². The molecule has 1 atom stereocenters. The molecule has 1 aliphatic rings. The van der Waals surface area contributed by atoms with Crippen LogP contribution in [0, 0.1) is 11.3 Å². The van der Waals surface area contributed by atoms with Gasteiger partial charge in [0.2, 0.25) is 0 Å². The quantitative estimate of drug-likeness (QED) is 0.543. The molecule has 0 fully saturated rings. The van der Waals surface area contributed by atoms with Gasteiger partial charge in [0.25, 0.3) is 0 Å². The summed E-state index contributed by atoms with van der Waals surface area (Å²) in [5.41, 5.74) is 1.05. The monoisotopic (exact) mass is 138 g/mol. The van der Waals surface area contributed by atoms with E-state index in [0.717, 1.165) is 5.57 Å². The molecule has 0 radical (unpaired) electrons. The molecule has 0 saturated heterocycles. The SMILES string of the molecule is CC1ON(C)C=C1CC#N. The van der Waals surface area contributed by atoms with Gasteiger partial charge in [-0.2, -0.15) is 5.26 Å². The summed E-state index contributed by atoms with van der Waals surface area (Å²) in [7, 11) is 1.82. The van der Waals surface area contributed by atoms with E-state index in [1.54, 1.807) is 5.06 Å². The lowest BCUT2D eigenvalue weighted by Gasteiger charge is -2.08. The van der Waals surface area contributed by atoms with Crippen molar-refractivity contribution in [3.05, 3.63) is 11.8 Å². The lowest BCUT2D eigenvalue weighted by atomic mass is 10.1. The van der Waals surface area contributed by atoms with Crippen LogP contribution in [0.15, 0.2) is 11.8 Å². The smallest absolute Gasteiger partial charge is 0.107 e. The second-order valence-electron chi connectivity index (χ2n) is 2.33. The summed E-state index contributed by atoms with van der Waals surface area (Å²) in [6, 6.07) is 2.09. The van der Waals surface area contributed by atoms with Crippen molar-refractivity contribution in [3.63, 3.8) is 0 Å². The molecule has 0 spiro atoms. The first kappa shape index (κ1) is 7.10. The average Bonchev–Trinajstić information content (AvgIpc) is 2.13. The normalized spacial score (nSPS) is 24.3. The number of hydrogen-bond donors (Lipinski definition) is 0. The van der Waals surface area contributed by atoms with Crippen LogP contribution in [0.4, 0.5) is 0 Å². The Morgan fingerprint density at radius 3 is 3.00 bits per heavy atom. The molecule has 0 aromatic carbocycles. The molecule has 0 saturated carbocycles. The molecule has 0 aromatic rings. The van der Waals surface area contributed by atoms with Crippen LogP contribution in [-0.4, -0.2) is 18.2 Å². The van der Waals surface area contributed by atoms with Gasteiger partial charge in [0, 0.05) is 13.2 Å². The molecular weight excluding hydrogens is 128 g/mol. The van der Waals surface area contributed by atoms with Crippen LogP contribution in [0.3, 0.4) is 0 Å². The first-order valence-electron chi connectivity index (χ1n) is 3.21. The first-order valence-corrected chi connectivity index (χ1v) is 3.21. The summed E-state index contributed by atoms with van der Waals surface area (Å²) in [6.45, 7) is 1.94. The van der Waals surface area contributed by atoms with Gasteiger partial charge in [-0.15, -0.1) is 0 Å². The minimum absolute atomic E-state index is 0.0737. The molecule has 54 valence electrons. The van der Waals surface area contributed by atoms with Crippen LogP contribution in [-0.2, 0) is 4.84 Å². The lowest BCUT2D eigenvalue weighted by molar-refractivity contribution is -0.105. The Kier molecular flexibility index (Phi) is 1.93. The van der Waals surface area contributed by atoms with Gasteiger partial charge in [0.1, 0.15) is 6.10 Å². The van der Waals surface area contributed by atoms with E-state index in [4.69, 9.17) is 10.1 Å².